The summed E-state index contributed by atoms with van der Waals surface area (Å²) in [5.41, 5.74) is 3.47. The fourth-order valence-electron chi connectivity index (χ4n) is 4.66. The van der Waals surface area contributed by atoms with Gasteiger partial charge in [-0.05, 0) is 50.7 Å². The van der Waals surface area contributed by atoms with Crippen molar-refractivity contribution in [2.75, 3.05) is 13.1 Å². The molecule has 1 aromatic carbocycles. The molecule has 1 saturated heterocycles. The maximum atomic E-state index is 13.0. The molecule has 1 aliphatic heterocycles. The summed E-state index contributed by atoms with van der Waals surface area (Å²) < 4.78 is 29.1. The molecule has 8 heteroatoms. The van der Waals surface area contributed by atoms with E-state index in [0.29, 0.717) is 29.6 Å². The molecular weight excluding hydrogens is 388 g/mol. The average Bonchev–Trinajstić information content (AvgIpc) is 3.16. The van der Waals surface area contributed by atoms with Crippen molar-refractivity contribution in [2.45, 2.75) is 44.6 Å². The molecule has 2 aliphatic rings. The van der Waals surface area contributed by atoms with E-state index in [1.165, 1.54) is 0 Å². The standard InChI is InChI=1S/C21H28N4O3S/c1-5-18-14(3)20(24(4)23-18)21(26)22-19-10-15-11-25(12-17(15)19)29(27,28)16-8-6-13(2)7-9-16/h6-9,15,17,19H,5,10-12H2,1-4H3,(H,22,26)/t15-,17+,19+/m1/s1. The number of benzene rings is 1. The summed E-state index contributed by atoms with van der Waals surface area (Å²) >= 11 is 0. The lowest BCUT2D eigenvalue weighted by molar-refractivity contribution is 0.0822. The van der Waals surface area contributed by atoms with E-state index in [0.717, 1.165) is 29.7 Å². The number of sulfonamides is 1. The number of hydrogen-bond donors (Lipinski definition) is 1. The second-order valence-electron chi connectivity index (χ2n) is 8.27. The van der Waals surface area contributed by atoms with Crippen LogP contribution >= 0.6 is 0 Å². The molecule has 0 radical (unpaired) electrons. The van der Waals surface area contributed by atoms with Gasteiger partial charge in [0.15, 0.2) is 0 Å². The molecule has 3 atom stereocenters. The molecule has 1 aromatic heterocycles. The molecule has 1 saturated carbocycles. The highest BCUT2D eigenvalue weighted by Crippen LogP contribution is 2.42. The molecule has 2 heterocycles. The number of nitrogens with one attached hydrogen (secondary N) is 1. The van der Waals surface area contributed by atoms with Crippen molar-refractivity contribution in [1.29, 1.82) is 0 Å². The Labute approximate surface area is 172 Å². The maximum absolute atomic E-state index is 13.0. The molecule has 4 rings (SSSR count). The number of rotatable bonds is 5. The van der Waals surface area contributed by atoms with Crippen molar-refractivity contribution >= 4 is 15.9 Å². The fourth-order valence-corrected chi connectivity index (χ4v) is 6.20. The van der Waals surface area contributed by atoms with Gasteiger partial charge in [0.05, 0.1) is 10.6 Å². The SMILES string of the molecule is CCc1nn(C)c(C(=O)N[C@H]2C[C@@H]3CN(S(=O)(=O)c4ccc(C)cc4)C[C@@H]32)c1C. The molecule has 0 spiro atoms. The smallest absolute Gasteiger partial charge is 0.270 e. The summed E-state index contributed by atoms with van der Waals surface area (Å²) in [6, 6.07) is 6.98. The molecule has 2 fully saturated rings. The fraction of sp³-hybridized carbons (Fsp3) is 0.524. The quantitative estimate of drug-likeness (QED) is 0.808. The molecular formula is C21H28N4O3S. The maximum Gasteiger partial charge on any atom is 0.270 e. The number of hydrogen-bond acceptors (Lipinski definition) is 4. The first-order chi connectivity index (χ1) is 13.7. The predicted octanol–water partition coefficient (Wildman–Crippen LogP) is 2.04. The van der Waals surface area contributed by atoms with Gasteiger partial charge >= 0.3 is 0 Å². The van der Waals surface area contributed by atoms with Gasteiger partial charge in [-0.3, -0.25) is 9.48 Å². The van der Waals surface area contributed by atoms with Crippen LogP contribution in [0.25, 0.3) is 0 Å². The van der Waals surface area contributed by atoms with E-state index < -0.39 is 10.0 Å². The van der Waals surface area contributed by atoms with Crippen LogP contribution in [-0.4, -0.2) is 47.5 Å². The predicted molar refractivity (Wildman–Crippen MR) is 110 cm³/mol. The molecule has 1 N–H and O–H groups in total. The number of nitrogens with zero attached hydrogens (tertiary/aromatic N) is 3. The van der Waals surface area contributed by atoms with E-state index in [9.17, 15) is 13.2 Å². The highest BCUT2D eigenvalue weighted by Gasteiger charge is 2.50. The van der Waals surface area contributed by atoms with Crippen LogP contribution in [0, 0.1) is 25.7 Å². The van der Waals surface area contributed by atoms with Crippen LogP contribution in [0.1, 0.15) is 40.7 Å². The van der Waals surface area contributed by atoms with Crippen molar-refractivity contribution in [1.82, 2.24) is 19.4 Å². The zero-order valence-corrected chi connectivity index (χ0v) is 18.2. The van der Waals surface area contributed by atoms with Crippen LogP contribution in [-0.2, 0) is 23.5 Å². The molecule has 1 amide bonds. The second-order valence-corrected chi connectivity index (χ2v) is 10.2. The average molecular weight is 417 g/mol. The lowest BCUT2D eigenvalue weighted by atomic mass is 9.71. The third kappa shape index (κ3) is 3.38. The van der Waals surface area contributed by atoms with Crippen molar-refractivity contribution in [3.05, 3.63) is 46.8 Å². The number of amides is 1. The molecule has 29 heavy (non-hydrogen) atoms. The zero-order chi connectivity index (χ0) is 20.9. The Balaban J connectivity index is 1.44. The summed E-state index contributed by atoms with van der Waals surface area (Å²) in [5, 5.41) is 7.54. The van der Waals surface area contributed by atoms with E-state index in [-0.39, 0.29) is 17.9 Å². The van der Waals surface area contributed by atoms with Crippen LogP contribution < -0.4 is 5.32 Å². The van der Waals surface area contributed by atoms with E-state index >= 15 is 0 Å². The first-order valence-electron chi connectivity index (χ1n) is 10.1. The lowest BCUT2D eigenvalue weighted by Crippen LogP contribution is -2.52. The van der Waals surface area contributed by atoms with Crippen molar-refractivity contribution in [3.8, 4) is 0 Å². The van der Waals surface area contributed by atoms with Gasteiger partial charge in [0.25, 0.3) is 5.91 Å². The molecule has 0 bridgehead atoms. The molecule has 7 nitrogen and oxygen atoms in total. The second kappa shape index (κ2) is 7.25. The normalized spacial score (nSPS) is 24.2. The minimum absolute atomic E-state index is 0.00472. The van der Waals surface area contributed by atoms with Crippen LogP contribution in [0.3, 0.4) is 0 Å². The van der Waals surface area contributed by atoms with Gasteiger partial charge < -0.3 is 5.32 Å². The first-order valence-corrected chi connectivity index (χ1v) is 11.6. The third-order valence-corrected chi connectivity index (χ3v) is 8.29. The highest BCUT2D eigenvalue weighted by atomic mass is 32.2. The van der Waals surface area contributed by atoms with Gasteiger partial charge in [-0.1, -0.05) is 24.6 Å². The van der Waals surface area contributed by atoms with Gasteiger partial charge in [0, 0.05) is 31.7 Å². The summed E-state index contributed by atoms with van der Waals surface area (Å²) in [4.78, 5) is 13.2. The molecule has 1 aliphatic carbocycles. The van der Waals surface area contributed by atoms with Crippen LogP contribution in [0.2, 0.25) is 0 Å². The Hall–Kier alpha value is -2.19. The zero-order valence-electron chi connectivity index (χ0n) is 17.3. The number of aromatic nitrogens is 2. The molecule has 156 valence electrons. The first kappa shape index (κ1) is 20.1. The molecule has 2 aromatic rings. The molecule has 0 unspecified atom stereocenters. The summed E-state index contributed by atoms with van der Waals surface area (Å²) in [5.74, 6) is 0.346. The van der Waals surface area contributed by atoms with Crippen molar-refractivity contribution in [3.63, 3.8) is 0 Å². The minimum Gasteiger partial charge on any atom is -0.348 e. The van der Waals surface area contributed by atoms with Gasteiger partial charge in [0.1, 0.15) is 5.69 Å². The van der Waals surface area contributed by atoms with Gasteiger partial charge in [-0.15, -0.1) is 0 Å². The van der Waals surface area contributed by atoms with Gasteiger partial charge in [-0.25, -0.2) is 8.42 Å². The van der Waals surface area contributed by atoms with Crippen LogP contribution in [0.4, 0.5) is 0 Å². The Morgan fingerprint density at radius 3 is 2.52 bits per heavy atom. The monoisotopic (exact) mass is 416 g/mol. The summed E-state index contributed by atoms with van der Waals surface area (Å²) in [6.45, 7) is 6.87. The summed E-state index contributed by atoms with van der Waals surface area (Å²) in [7, 11) is -1.70. The van der Waals surface area contributed by atoms with Crippen molar-refractivity contribution in [2.24, 2.45) is 18.9 Å². The largest absolute Gasteiger partial charge is 0.348 e. The number of fused-ring (bicyclic) bond motifs is 1. The van der Waals surface area contributed by atoms with E-state index in [4.69, 9.17) is 0 Å². The Morgan fingerprint density at radius 2 is 1.90 bits per heavy atom. The van der Waals surface area contributed by atoms with Crippen molar-refractivity contribution < 1.29 is 13.2 Å². The number of aryl methyl sites for hydroxylation is 3. The lowest BCUT2D eigenvalue weighted by Gasteiger charge is -2.39. The van der Waals surface area contributed by atoms with Gasteiger partial charge in [0.2, 0.25) is 10.0 Å². The number of carbonyl (C=O) groups is 1. The minimum atomic E-state index is -3.49. The summed E-state index contributed by atoms with van der Waals surface area (Å²) in [6.07, 6.45) is 1.60. The van der Waals surface area contributed by atoms with E-state index in [1.54, 1.807) is 28.2 Å². The van der Waals surface area contributed by atoms with Gasteiger partial charge in [-0.2, -0.15) is 9.40 Å². The van der Waals surface area contributed by atoms with Crippen LogP contribution in [0.5, 0.6) is 0 Å². The highest BCUT2D eigenvalue weighted by molar-refractivity contribution is 7.89. The van der Waals surface area contributed by atoms with E-state index in [1.807, 2.05) is 32.9 Å². The van der Waals surface area contributed by atoms with E-state index in [2.05, 4.69) is 10.4 Å². The van der Waals surface area contributed by atoms with Crippen LogP contribution in [0.15, 0.2) is 29.2 Å². The number of carbonyl (C=O) groups excluding carboxylic acids is 1. The Kier molecular flexibility index (Phi) is 5.02. The Bertz CT molecular complexity index is 1040. The Morgan fingerprint density at radius 1 is 1.21 bits per heavy atom. The third-order valence-electron chi connectivity index (χ3n) is 6.44. The topological polar surface area (TPSA) is 84.3 Å².